The highest BCUT2D eigenvalue weighted by Gasteiger charge is 2.47. The number of carbonyl (C=O) groups excluding carboxylic acids is 1. The Morgan fingerprint density at radius 3 is 2.28 bits per heavy atom. The van der Waals surface area contributed by atoms with Gasteiger partial charge in [-0.2, -0.15) is 0 Å². The number of para-hydroxylation sites is 1. The standard InChI is InChI=1S/C26H34N2O/c1-20-14-16-27(17-15-20)18-24(29)28-23-13-9-8-12-22(23)26(4,19-25(28,2)3)21-10-6-5-7-11-21/h5-13,20H,14-19H2,1-4H3/t26-/m1/s1. The second kappa shape index (κ2) is 7.60. The van der Waals surface area contributed by atoms with E-state index in [0.717, 1.165) is 31.1 Å². The predicted molar refractivity (Wildman–Crippen MR) is 120 cm³/mol. The van der Waals surface area contributed by atoms with Gasteiger partial charge >= 0.3 is 0 Å². The second-order valence-electron chi connectivity index (χ2n) is 9.89. The maximum Gasteiger partial charge on any atom is 0.241 e. The van der Waals surface area contributed by atoms with E-state index in [9.17, 15) is 4.79 Å². The van der Waals surface area contributed by atoms with Gasteiger partial charge in [-0.3, -0.25) is 9.69 Å². The Hall–Kier alpha value is -2.13. The topological polar surface area (TPSA) is 23.6 Å². The second-order valence-corrected chi connectivity index (χ2v) is 9.89. The van der Waals surface area contributed by atoms with Gasteiger partial charge in [0.25, 0.3) is 0 Å². The van der Waals surface area contributed by atoms with Crippen LogP contribution in [0.15, 0.2) is 54.6 Å². The van der Waals surface area contributed by atoms with Gasteiger partial charge in [-0.05, 0) is 69.3 Å². The summed E-state index contributed by atoms with van der Waals surface area (Å²) in [6, 6.07) is 19.3. The SMILES string of the molecule is CC1CCN(CC(=O)N2c3ccccc3[C@@](C)(c3ccccc3)CC2(C)C)CC1. The first-order valence-electron chi connectivity index (χ1n) is 11.0. The highest BCUT2D eigenvalue weighted by atomic mass is 16.2. The molecule has 3 heteroatoms. The van der Waals surface area contributed by atoms with Crippen molar-refractivity contribution in [3.63, 3.8) is 0 Å². The minimum absolute atomic E-state index is 0.112. The summed E-state index contributed by atoms with van der Waals surface area (Å²) in [5.41, 5.74) is 3.28. The van der Waals surface area contributed by atoms with Gasteiger partial charge in [0.1, 0.15) is 0 Å². The smallest absolute Gasteiger partial charge is 0.241 e. The maximum atomic E-state index is 13.6. The van der Waals surface area contributed by atoms with Crippen LogP contribution in [0.3, 0.4) is 0 Å². The molecule has 2 aliphatic heterocycles. The fourth-order valence-electron chi connectivity index (χ4n) is 5.52. The van der Waals surface area contributed by atoms with Gasteiger partial charge in [-0.15, -0.1) is 0 Å². The third-order valence-corrected chi connectivity index (χ3v) is 7.03. The van der Waals surface area contributed by atoms with Gasteiger partial charge in [-0.1, -0.05) is 62.4 Å². The van der Waals surface area contributed by atoms with Crippen molar-refractivity contribution in [3.8, 4) is 0 Å². The van der Waals surface area contributed by atoms with E-state index in [0.29, 0.717) is 6.54 Å². The van der Waals surface area contributed by atoms with Crippen LogP contribution >= 0.6 is 0 Å². The number of amides is 1. The van der Waals surface area contributed by atoms with Gasteiger partial charge < -0.3 is 4.90 Å². The molecule has 2 aliphatic rings. The quantitative estimate of drug-likeness (QED) is 0.715. The number of nitrogens with zero attached hydrogens (tertiary/aromatic N) is 2. The first kappa shape index (κ1) is 20.2. The van der Waals surface area contributed by atoms with E-state index >= 15 is 0 Å². The van der Waals surface area contributed by atoms with E-state index in [4.69, 9.17) is 0 Å². The predicted octanol–water partition coefficient (Wildman–Crippen LogP) is 5.24. The Kier molecular flexibility index (Phi) is 5.29. The lowest BCUT2D eigenvalue weighted by Gasteiger charge is -2.51. The molecule has 2 aromatic rings. The molecule has 1 saturated heterocycles. The summed E-state index contributed by atoms with van der Waals surface area (Å²) in [7, 11) is 0. The number of piperidine rings is 1. The van der Waals surface area contributed by atoms with Crippen molar-refractivity contribution in [2.45, 2.75) is 57.9 Å². The largest absolute Gasteiger partial charge is 0.305 e. The summed E-state index contributed by atoms with van der Waals surface area (Å²) in [6.45, 7) is 11.7. The fourth-order valence-corrected chi connectivity index (χ4v) is 5.52. The lowest BCUT2D eigenvalue weighted by molar-refractivity contribution is -0.121. The van der Waals surface area contributed by atoms with Crippen molar-refractivity contribution in [3.05, 3.63) is 65.7 Å². The van der Waals surface area contributed by atoms with Crippen LogP contribution in [0.25, 0.3) is 0 Å². The molecule has 0 N–H and O–H groups in total. The summed E-state index contributed by atoms with van der Waals surface area (Å²) >= 11 is 0. The third kappa shape index (κ3) is 3.73. The van der Waals surface area contributed by atoms with Crippen LogP contribution in [0.2, 0.25) is 0 Å². The Morgan fingerprint density at radius 1 is 0.966 bits per heavy atom. The number of fused-ring (bicyclic) bond motifs is 1. The Balaban J connectivity index is 1.70. The van der Waals surface area contributed by atoms with Crippen LogP contribution in [-0.2, 0) is 10.2 Å². The van der Waals surface area contributed by atoms with Gasteiger partial charge in [0.15, 0.2) is 0 Å². The van der Waals surface area contributed by atoms with E-state index in [-0.39, 0.29) is 16.9 Å². The third-order valence-electron chi connectivity index (χ3n) is 7.03. The average Bonchev–Trinajstić information content (AvgIpc) is 2.70. The molecular formula is C26H34N2O. The molecule has 4 rings (SSSR count). The minimum Gasteiger partial charge on any atom is -0.305 e. The molecular weight excluding hydrogens is 356 g/mol. The molecule has 2 heterocycles. The first-order chi connectivity index (χ1) is 13.8. The number of hydrogen-bond donors (Lipinski definition) is 0. The Morgan fingerprint density at radius 2 is 1.59 bits per heavy atom. The number of hydrogen-bond acceptors (Lipinski definition) is 2. The molecule has 0 bridgehead atoms. The van der Waals surface area contributed by atoms with Crippen LogP contribution < -0.4 is 4.90 Å². The van der Waals surface area contributed by atoms with Crippen molar-refractivity contribution in [2.24, 2.45) is 5.92 Å². The van der Waals surface area contributed by atoms with Crippen molar-refractivity contribution >= 4 is 11.6 Å². The zero-order chi connectivity index (χ0) is 20.6. The van der Waals surface area contributed by atoms with Gasteiger partial charge in [-0.25, -0.2) is 0 Å². The molecule has 1 fully saturated rings. The Bertz CT molecular complexity index is 867. The normalized spacial score (nSPS) is 24.9. The number of carbonyl (C=O) groups is 1. The van der Waals surface area contributed by atoms with Crippen LogP contribution in [0.1, 0.15) is 58.1 Å². The van der Waals surface area contributed by atoms with Crippen LogP contribution in [0.5, 0.6) is 0 Å². The molecule has 29 heavy (non-hydrogen) atoms. The molecule has 3 nitrogen and oxygen atoms in total. The van der Waals surface area contributed by atoms with E-state index in [1.54, 1.807) is 0 Å². The van der Waals surface area contributed by atoms with Crippen molar-refractivity contribution in [1.29, 1.82) is 0 Å². The molecule has 0 spiro atoms. The lowest BCUT2D eigenvalue weighted by atomic mass is 9.65. The number of benzene rings is 2. The summed E-state index contributed by atoms with van der Waals surface area (Å²) < 4.78 is 0. The van der Waals surface area contributed by atoms with Crippen LogP contribution in [0.4, 0.5) is 5.69 Å². The van der Waals surface area contributed by atoms with Crippen LogP contribution in [0, 0.1) is 5.92 Å². The molecule has 0 aliphatic carbocycles. The fraction of sp³-hybridized carbons (Fsp3) is 0.500. The number of anilines is 1. The summed E-state index contributed by atoms with van der Waals surface area (Å²) in [4.78, 5) is 18.0. The summed E-state index contributed by atoms with van der Waals surface area (Å²) in [5.74, 6) is 1.01. The zero-order valence-electron chi connectivity index (χ0n) is 18.3. The molecule has 154 valence electrons. The molecule has 0 radical (unpaired) electrons. The maximum absolute atomic E-state index is 13.6. The summed E-state index contributed by atoms with van der Waals surface area (Å²) in [5, 5.41) is 0. The number of likely N-dealkylation sites (tertiary alicyclic amines) is 1. The van der Waals surface area contributed by atoms with Crippen molar-refractivity contribution in [2.75, 3.05) is 24.5 Å². The molecule has 1 amide bonds. The van der Waals surface area contributed by atoms with E-state index in [1.165, 1.54) is 24.0 Å². The summed E-state index contributed by atoms with van der Waals surface area (Å²) in [6.07, 6.45) is 3.29. The van der Waals surface area contributed by atoms with Crippen LogP contribution in [-0.4, -0.2) is 36.0 Å². The highest BCUT2D eigenvalue weighted by molar-refractivity contribution is 5.98. The minimum atomic E-state index is -0.251. The highest BCUT2D eigenvalue weighted by Crippen LogP contribution is 2.50. The molecule has 2 aromatic carbocycles. The van der Waals surface area contributed by atoms with E-state index in [1.807, 2.05) is 0 Å². The number of rotatable bonds is 3. The van der Waals surface area contributed by atoms with Crippen molar-refractivity contribution in [1.82, 2.24) is 4.90 Å². The van der Waals surface area contributed by atoms with E-state index in [2.05, 4.69) is 92.1 Å². The van der Waals surface area contributed by atoms with Crippen molar-refractivity contribution < 1.29 is 4.79 Å². The monoisotopic (exact) mass is 390 g/mol. The molecule has 0 unspecified atom stereocenters. The van der Waals surface area contributed by atoms with Gasteiger partial charge in [0.2, 0.25) is 5.91 Å². The molecule has 1 atom stereocenters. The van der Waals surface area contributed by atoms with Gasteiger partial charge in [0.05, 0.1) is 6.54 Å². The first-order valence-corrected chi connectivity index (χ1v) is 11.0. The molecule has 0 aromatic heterocycles. The van der Waals surface area contributed by atoms with Gasteiger partial charge in [0, 0.05) is 16.6 Å². The average molecular weight is 391 g/mol. The Labute approximate surface area is 175 Å². The van der Waals surface area contributed by atoms with E-state index < -0.39 is 0 Å². The molecule has 0 saturated carbocycles. The lowest BCUT2D eigenvalue weighted by Crippen LogP contribution is -2.58. The zero-order valence-corrected chi connectivity index (χ0v) is 18.3.